The number of anilines is 2. The summed E-state index contributed by atoms with van der Waals surface area (Å²) in [6.07, 6.45) is 1.97. The molecule has 0 atom stereocenters. The Morgan fingerprint density at radius 2 is 1.90 bits per heavy atom. The fraction of sp³-hybridized carbons (Fsp3) is 0.353. The number of pyridine rings is 1. The summed E-state index contributed by atoms with van der Waals surface area (Å²) < 4.78 is 0. The normalized spacial score (nSPS) is 10.6. The van der Waals surface area contributed by atoms with Gasteiger partial charge in [0.25, 0.3) is 0 Å². The van der Waals surface area contributed by atoms with Crippen LogP contribution < -0.4 is 10.2 Å². The molecule has 2 rings (SSSR count). The third kappa shape index (κ3) is 3.36. The van der Waals surface area contributed by atoms with E-state index < -0.39 is 0 Å². The lowest BCUT2D eigenvalue weighted by Gasteiger charge is -2.24. The molecular weight excluding hydrogens is 246 g/mol. The highest BCUT2D eigenvalue weighted by Gasteiger charge is 2.11. The quantitative estimate of drug-likeness (QED) is 0.867. The van der Waals surface area contributed by atoms with Gasteiger partial charge in [0.15, 0.2) is 0 Å². The van der Waals surface area contributed by atoms with E-state index in [1.54, 1.807) is 0 Å². The number of rotatable bonds is 6. The molecule has 1 N–H and O–H groups in total. The van der Waals surface area contributed by atoms with Gasteiger partial charge < -0.3 is 10.2 Å². The van der Waals surface area contributed by atoms with Crippen LogP contribution in [0.25, 0.3) is 0 Å². The third-order valence-corrected chi connectivity index (χ3v) is 3.33. The van der Waals surface area contributed by atoms with Crippen LogP contribution in [-0.4, -0.2) is 18.1 Å². The Hall–Kier alpha value is -1.87. The van der Waals surface area contributed by atoms with E-state index in [-0.39, 0.29) is 0 Å². The molecule has 0 aliphatic rings. The summed E-state index contributed by atoms with van der Waals surface area (Å²) in [6.45, 7) is 9.16. The van der Waals surface area contributed by atoms with Gasteiger partial charge in [-0.3, -0.25) is 0 Å². The Bertz CT molecular complexity index is 537. The predicted molar refractivity (Wildman–Crippen MR) is 85.5 cm³/mol. The highest BCUT2D eigenvalue weighted by Crippen LogP contribution is 2.26. The first-order valence-electron chi connectivity index (χ1n) is 7.25. The summed E-state index contributed by atoms with van der Waals surface area (Å²) in [5.41, 5.74) is 3.63. The molecule has 3 nitrogen and oxygen atoms in total. The standard InChI is InChI=1S/C17H23N3/c1-4-18-12-15-11-14(3)17(19-13-15)20(5-2)16-9-7-6-8-10-16/h6-11,13,18H,4-5,12H2,1-3H3. The number of nitrogens with zero attached hydrogens (tertiary/aromatic N) is 2. The lowest BCUT2D eigenvalue weighted by molar-refractivity contribution is 0.723. The average Bonchev–Trinajstić information content (AvgIpc) is 2.49. The molecular formula is C17H23N3. The molecule has 0 unspecified atom stereocenters. The number of nitrogens with one attached hydrogen (secondary N) is 1. The molecule has 0 amide bonds. The minimum Gasteiger partial charge on any atom is -0.326 e. The molecule has 0 fully saturated rings. The molecule has 106 valence electrons. The van der Waals surface area contributed by atoms with E-state index in [1.165, 1.54) is 16.8 Å². The van der Waals surface area contributed by atoms with E-state index in [9.17, 15) is 0 Å². The van der Waals surface area contributed by atoms with Gasteiger partial charge in [-0.25, -0.2) is 4.98 Å². The van der Waals surface area contributed by atoms with Crippen LogP contribution in [0.2, 0.25) is 0 Å². The number of benzene rings is 1. The number of aryl methyl sites for hydroxylation is 1. The molecule has 1 aromatic carbocycles. The Balaban J connectivity index is 2.27. The topological polar surface area (TPSA) is 28.2 Å². The van der Waals surface area contributed by atoms with Crippen molar-refractivity contribution in [1.82, 2.24) is 10.3 Å². The smallest absolute Gasteiger partial charge is 0.135 e. The Labute approximate surface area is 121 Å². The van der Waals surface area contributed by atoms with E-state index >= 15 is 0 Å². The van der Waals surface area contributed by atoms with Crippen molar-refractivity contribution in [3.8, 4) is 0 Å². The molecule has 20 heavy (non-hydrogen) atoms. The van der Waals surface area contributed by atoms with Gasteiger partial charge in [-0.2, -0.15) is 0 Å². The molecule has 1 aromatic heterocycles. The minimum absolute atomic E-state index is 0.877. The van der Waals surface area contributed by atoms with Gasteiger partial charge in [0.05, 0.1) is 0 Å². The van der Waals surface area contributed by atoms with Gasteiger partial charge in [-0.05, 0) is 49.7 Å². The predicted octanol–water partition coefficient (Wildman–Crippen LogP) is 3.66. The lowest BCUT2D eigenvalue weighted by atomic mass is 10.1. The first-order chi connectivity index (χ1) is 9.76. The van der Waals surface area contributed by atoms with Crippen LogP contribution in [0.15, 0.2) is 42.6 Å². The zero-order chi connectivity index (χ0) is 14.4. The second-order valence-electron chi connectivity index (χ2n) is 4.84. The van der Waals surface area contributed by atoms with Gasteiger partial charge in [0.2, 0.25) is 0 Å². The third-order valence-electron chi connectivity index (χ3n) is 3.33. The fourth-order valence-electron chi connectivity index (χ4n) is 2.34. The van der Waals surface area contributed by atoms with Crippen molar-refractivity contribution in [1.29, 1.82) is 0 Å². The molecule has 3 heteroatoms. The molecule has 0 radical (unpaired) electrons. The average molecular weight is 269 g/mol. The molecule has 0 spiro atoms. The zero-order valence-corrected chi connectivity index (χ0v) is 12.6. The maximum atomic E-state index is 4.66. The summed E-state index contributed by atoms with van der Waals surface area (Å²) in [6, 6.07) is 12.6. The summed E-state index contributed by atoms with van der Waals surface area (Å²) in [5, 5.41) is 3.33. The molecule has 2 aromatic rings. The SMILES string of the molecule is CCNCc1cnc(N(CC)c2ccccc2)c(C)c1. The zero-order valence-electron chi connectivity index (χ0n) is 12.6. The lowest BCUT2D eigenvalue weighted by Crippen LogP contribution is -2.19. The second-order valence-corrected chi connectivity index (χ2v) is 4.84. The Kier molecular flexibility index (Phi) is 5.13. The maximum Gasteiger partial charge on any atom is 0.135 e. The van der Waals surface area contributed by atoms with Crippen molar-refractivity contribution >= 4 is 11.5 Å². The molecule has 0 aliphatic heterocycles. The van der Waals surface area contributed by atoms with Crippen molar-refractivity contribution in [2.45, 2.75) is 27.3 Å². The van der Waals surface area contributed by atoms with E-state index in [0.717, 1.165) is 25.5 Å². The maximum absolute atomic E-state index is 4.66. The molecule has 0 aliphatic carbocycles. The highest BCUT2D eigenvalue weighted by molar-refractivity contribution is 5.62. The van der Waals surface area contributed by atoms with Crippen LogP contribution in [0, 0.1) is 6.92 Å². The van der Waals surface area contributed by atoms with E-state index in [4.69, 9.17) is 0 Å². The second kappa shape index (κ2) is 7.06. The van der Waals surface area contributed by atoms with Crippen molar-refractivity contribution < 1.29 is 0 Å². The Morgan fingerprint density at radius 1 is 1.15 bits per heavy atom. The number of hydrogen-bond acceptors (Lipinski definition) is 3. The van der Waals surface area contributed by atoms with Crippen molar-refractivity contribution in [3.05, 3.63) is 53.7 Å². The van der Waals surface area contributed by atoms with Gasteiger partial charge in [-0.15, -0.1) is 0 Å². The monoisotopic (exact) mass is 269 g/mol. The van der Waals surface area contributed by atoms with Crippen molar-refractivity contribution in [3.63, 3.8) is 0 Å². The summed E-state index contributed by atoms with van der Waals surface area (Å²) >= 11 is 0. The van der Waals surface area contributed by atoms with Crippen LogP contribution in [0.1, 0.15) is 25.0 Å². The summed E-state index contributed by atoms with van der Waals surface area (Å²) in [7, 11) is 0. The summed E-state index contributed by atoms with van der Waals surface area (Å²) in [5.74, 6) is 1.04. The first kappa shape index (κ1) is 14.5. The van der Waals surface area contributed by atoms with Crippen LogP contribution in [0.4, 0.5) is 11.5 Å². The molecule has 0 bridgehead atoms. The van der Waals surface area contributed by atoms with Gasteiger partial charge in [-0.1, -0.05) is 25.1 Å². The van der Waals surface area contributed by atoms with Gasteiger partial charge >= 0.3 is 0 Å². The van der Waals surface area contributed by atoms with Gasteiger partial charge in [0, 0.05) is 25.0 Å². The highest BCUT2D eigenvalue weighted by atomic mass is 15.2. The van der Waals surface area contributed by atoms with Crippen molar-refractivity contribution in [2.75, 3.05) is 18.0 Å². The largest absolute Gasteiger partial charge is 0.326 e. The van der Waals surface area contributed by atoms with Crippen molar-refractivity contribution in [2.24, 2.45) is 0 Å². The van der Waals surface area contributed by atoms with Crippen LogP contribution in [0.5, 0.6) is 0 Å². The van der Waals surface area contributed by atoms with E-state index in [0.29, 0.717) is 0 Å². The minimum atomic E-state index is 0.877. The number of aromatic nitrogens is 1. The fourth-order valence-corrected chi connectivity index (χ4v) is 2.34. The van der Waals surface area contributed by atoms with Crippen LogP contribution in [0.3, 0.4) is 0 Å². The molecule has 1 heterocycles. The van der Waals surface area contributed by atoms with Crippen LogP contribution in [-0.2, 0) is 6.54 Å². The molecule has 0 saturated carbocycles. The Morgan fingerprint density at radius 3 is 2.50 bits per heavy atom. The number of para-hydroxylation sites is 1. The van der Waals surface area contributed by atoms with Crippen LogP contribution >= 0.6 is 0 Å². The number of hydrogen-bond donors (Lipinski definition) is 1. The molecule has 0 saturated heterocycles. The van der Waals surface area contributed by atoms with E-state index in [2.05, 4.69) is 66.3 Å². The van der Waals surface area contributed by atoms with Gasteiger partial charge in [0.1, 0.15) is 5.82 Å². The van der Waals surface area contributed by atoms with E-state index in [1.807, 2.05) is 12.3 Å². The first-order valence-corrected chi connectivity index (χ1v) is 7.25. The summed E-state index contributed by atoms with van der Waals surface area (Å²) in [4.78, 5) is 6.91.